The summed E-state index contributed by atoms with van der Waals surface area (Å²) >= 11 is 0. The van der Waals surface area contributed by atoms with Crippen LogP contribution in [0.15, 0.2) is 0 Å². The van der Waals surface area contributed by atoms with Crippen LogP contribution in [0.4, 0.5) is 4.79 Å². The lowest BCUT2D eigenvalue weighted by atomic mass is 9.74. The van der Waals surface area contributed by atoms with Crippen LogP contribution in [0.1, 0.15) is 47.0 Å². The first-order chi connectivity index (χ1) is 8.93. The Balaban J connectivity index is 2.49. The van der Waals surface area contributed by atoms with Gasteiger partial charge >= 0.3 is 6.03 Å². The van der Waals surface area contributed by atoms with Gasteiger partial charge in [-0.1, -0.05) is 27.2 Å². The molecule has 1 fully saturated rings. The van der Waals surface area contributed by atoms with Gasteiger partial charge in [0.25, 0.3) is 0 Å². The molecule has 1 aliphatic carbocycles. The maximum Gasteiger partial charge on any atom is 0.315 e. The molecule has 1 rings (SSSR count). The van der Waals surface area contributed by atoms with Crippen molar-refractivity contribution in [3.05, 3.63) is 0 Å². The van der Waals surface area contributed by atoms with Crippen LogP contribution in [0.5, 0.6) is 0 Å². The van der Waals surface area contributed by atoms with Gasteiger partial charge in [0, 0.05) is 13.2 Å². The fraction of sp³-hybridized carbons (Fsp3) is 0.933. The predicted molar refractivity (Wildman–Crippen MR) is 78.1 cm³/mol. The third kappa shape index (κ3) is 5.39. The lowest BCUT2D eigenvalue weighted by Gasteiger charge is -2.37. The predicted octanol–water partition coefficient (Wildman–Crippen LogP) is 2.78. The van der Waals surface area contributed by atoms with Gasteiger partial charge in [-0.05, 0) is 37.5 Å². The number of nitrogens with one attached hydrogen (secondary N) is 2. The van der Waals surface area contributed by atoms with E-state index in [0.717, 1.165) is 6.42 Å². The van der Waals surface area contributed by atoms with E-state index in [1.165, 1.54) is 12.8 Å². The van der Waals surface area contributed by atoms with Gasteiger partial charge in [-0.2, -0.15) is 0 Å². The summed E-state index contributed by atoms with van der Waals surface area (Å²) in [6, 6.07) is 0.288. The number of carbonyl (C=O) groups excluding carboxylic acids is 1. The number of urea groups is 1. The zero-order valence-corrected chi connectivity index (χ0v) is 13.0. The summed E-state index contributed by atoms with van der Waals surface area (Å²) in [5.41, 5.74) is 0. The fourth-order valence-electron chi connectivity index (χ4n) is 3.09. The highest BCUT2D eigenvalue weighted by Gasteiger charge is 2.31. The van der Waals surface area contributed by atoms with E-state index in [1.807, 2.05) is 6.92 Å². The molecule has 19 heavy (non-hydrogen) atoms. The van der Waals surface area contributed by atoms with Gasteiger partial charge in [-0.3, -0.25) is 0 Å². The van der Waals surface area contributed by atoms with Crippen LogP contribution in [0, 0.1) is 17.8 Å². The molecule has 0 radical (unpaired) electrons. The maximum absolute atomic E-state index is 12.0. The van der Waals surface area contributed by atoms with Crippen molar-refractivity contribution >= 4 is 6.03 Å². The van der Waals surface area contributed by atoms with Gasteiger partial charge < -0.3 is 15.4 Å². The van der Waals surface area contributed by atoms with Crippen LogP contribution in [0.3, 0.4) is 0 Å². The Morgan fingerprint density at radius 3 is 2.58 bits per heavy atom. The molecule has 0 aromatic heterocycles. The van der Waals surface area contributed by atoms with Crippen LogP contribution >= 0.6 is 0 Å². The molecule has 4 nitrogen and oxygen atoms in total. The summed E-state index contributed by atoms with van der Waals surface area (Å²) in [5, 5.41) is 6.09. The van der Waals surface area contributed by atoms with Crippen LogP contribution in [0.25, 0.3) is 0 Å². The van der Waals surface area contributed by atoms with E-state index in [0.29, 0.717) is 30.4 Å². The molecule has 2 amide bonds. The highest BCUT2D eigenvalue weighted by Crippen LogP contribution is 2.33. The molecule has 1 aliphatic rings. The molecule has 0 aromatic rings. The monoisotopic (exact) mass is 270 g/mol. The summed E-state index contributed by atoms with van der Waals surface area (Å²) in [6.45, 7) is 9.27. The van der Waals surface area contributed by atoms with E-state index in [4.69, 9.17) is 4.74 Å². The maximum atomic E-state index is 12.0. The first-order valence-electron chi connectivity index (χ1n) is 7.50. The molecule has 112 valence electrons. The number of carbonyl (C=O) groups is 1. The van der Waals surface area contributed by atoms with Crippen LogP contribution < -0.4 is 10.6 Å². The molecular weight excluding hydrogens is 240 g/mol. The zero-order valence-electron chi connectivity index (χ0n) is 13.0. The van der Waals surface area contributed by atoms with E-state index in [2.05, 4.69) is 31.4 Å². The third-order valence-electron chi connectivity index (χ3n) is 4.13. The van der Waals surface area contributed by atoms with Crippen molar-refractivity contribution in [2.45, 2.75) is 59.0 Å². The number of amides is 2. The van der Waals surface area contributed by atoms with Crippen molar-refractivity contribution in [3.8, 4) is 0 Å². The van der Waals surface area contributed by atoms with Crippen molar-refractivity contribution in [1.29, 1.82) is 0 Å². The number of methoxy groups -OCH3 is 1. The Morgan fingerprint density at radius 1 is 1.32 bits per heavy atom. The molecule has 4 atom stereocenters. The number of hydrogen-bond acceptors (Lipinski definition) is 2. The number of rotatable bonds is 5. The molecule has 0 aromatic carbocycles. The minimum Gasteiger partial charge on any atom is -0.383 e. The van der Waals surface area contributed by atoms with E-state index in [-0.39, 0.29) is 12.1 Å². The molecular formula is C15H30N2O2. The van der Waals surface area contributed by atoms with Gasteiger partial charge in [-0.25, -0.2) is 4.79 Å². The molecule has 1 unspecified atom stereocenters. The van der Waals surface area contributed by atoms with Crippen LogP contribution in [0.2, 0.25) is 0 Å². The zero-order chi connectivity index (χ0) is 14.4. The lowest BCUT2D eigenvalue weighted by molar-refractivity contribution is 0.156. The Labute approximate surface area is 117 Å². The minimum atomic E-state index is -0.0608. The summed E-state index contributed by atoms with van der Waals surface area (Å²) in [7, 11) is 1.65. The standard InChI is InChI=1S/C15H30N2O2/c1-10(2)13-7-6-11(3)8-14(13)17-15(18)16-12(4)9-19-5/h10-14H,6-9H2,1-5H3,(H2,16,17,18)/t11-,12?,13+,14+/m1/s1. The van der Waals surface area contributed by atoms with Gasteiger partial charge in [0.15, 0.2) is 0 Å². The van der Waals surface area contributed by atoms with Crippen molar-refractivity contribution in [1.82, 2.24) is 10.6 Å². The largest absolute Gasteiger partial charge is 0.383 e. The Kier molecular flexibility index (Phi) is 6.63. The second-order valence-electron chi connectivity index (χ2n) is 6.41. The minimum absolute atomic E-state index is 0.0449. The van der Waals surface area contributed by atoms with Crippen molar-refractivity contribution in [2.75, 3.05) is 13.7 Å². The SMILES string of the molecule is COCC(C)NC(=O)N[C@H]1C[C@H](C)CC[C@H]1C(C)C. The molecule has 1 saturated carbocycles. The van der Waals surface area contributed by atoms with Crippen molar-refractivity contribution in [3.63, 3.8) is 0 Å². The molecule has 0 saturated heterocycles. The molecule has 0 spiro atoms. The van der Waals surface area contributed by atoms with Crippen LogP contribution in [-0.4, -0.2) is 31.8 Å². The second-order valence-corrected chi connectivity index (χ2v) is 6.41. The lowest BCUT2D eigenvalue weighted by Crippen LogP contribution is -2.51. The van der Waals surface area contributed by atoms with E-state index >= 15 is 0 Å². The van der Waals surface area contributed by atoms with Crippen molar-refractivity contribution < 1.29 is 9.53 Å². The molecule has 0 aliphatic heterocycles. The Hall–Kier alpha value is -0.770. The first-order valence-corrected chi connectivity index (χ1v) is 7.50. The van der Waals surface area contributed by atoms with Crippen molar-refractivity contribution in [2.24, 2.45) is 17.8 Å². The first kappa shape index (κ1) is 16.3. The average molecular weight is 270 g/mol. The van der Waals surface area contributed by atoms with Gasteiger partial charge in [0.2, 0.25) is 0 Å². The summed E-state index contributed by atoms with van der Waals surface area (Å²) in [6.07, 6.45) is 3.59. The number of ether oxygens (including phenoxy) is 1. The fourth-order valence-corrected chi connectivity index (χ4v) is 3.09. The Morgan fingerprint density at radius 2 is 2.00 bits per heavy atom. The second kappa shape index (κ2) is 7.73. The highest BCUT2D eigenvalue weighted by atomic mass is 16.5. The molecule has 0 heterocycles. The van der Waals surface area contributed by atoms with E-state index in [9.17, 15) is 4.79 Å². The molecule has 0 bridgehead atoms. The highest BCUT2D eigenvalue weighted by molar-refractivity contribution is 5.74. The van der Waals surface area contributed by atoms with Gasteiger partial charge in [-0.15, -0.1) is 0 Å². The third-order valence-corrected chi connectivity index (χ3v) is 4.13. The molecule has 2 N–H and O–H groups in total. The smallest absolute Gasteiger partial charge is 0.315 e. The number of hydrogen-bond donors (Lipinski definition) is 2. The summed E-state index contributed by atoms with van der Waals surface area (Å²) in [4.78, 5) is 12.0. The normalized spacial score (nSPS) is 29.1. The van der Waals surface area contributed by atoms with E-state index in [1.54, 1.807) is 7.11 Å². The summed E-state index contributed by atoms with van der Waals surface area (Å²) < 4.78 is 5.03. The quantitative estimate of drug-likeness (QED) is 0.807. The van der Waals surface area contributed by atoms with Gasteiger partial charge in [0.05, 0.1) is 12.6 Å². The topological polar surface area (TPSA) is 50.4 Å². The summed E-state index contributed by atoms with van der Waals surface area (Å²) in [5.74, 6) is 1.92. The van der Waals surface area contributed by atoms with E-state index < -0.39 is 0 Å². The van der Waals surface area contributed by atoms with Gasteiger partial charge in [0.1, 0.15) is 0 Å². The molecule has 4 heteroatoms. The van der Waals surface area contributed by atoms with Crippen LogP contribution in [-0.2, 0) is 4.74 Å². The average Bonchev–Trinajstić information content (AvgIpc) is 2.28. The Bertz CT molecular complexity index is 281.